The van der Waals surface area contributed by atoms with Crippen LogP contribution in [0.4, 0.5) is 0 Å². The van der Waals surface area contributed by atoms with Gasteiger partial charge in [-0.3, -0.25) is 19.4 Å². The number of carbonyl (C=O) groups excluding carboxylic acids is 2. The summed E-state index contributed by atoms with van der Waals surface area (Å²) >= 11 is 1.57. The van der Waals surface area contributed by atoms with Gasteiger partial charge in [-0.2, -0.15) is 17.0 Å². The lowest BCUT2D eigenvalue weighted by atomic mass is 9.71. The van der Waals surface area contributed by atoms with Crippen molar-refractivity contribution in [2.24, 2.45) is 5.92 Å². The number of benzene rings is 2. The molecule has 5 heterocycles. The van der Waals surface area contributed by atoms with E-state index in [1.165, 1.54) is 6.92 Å². The Kier molecular flexibility index (Phi) is 6.91. The molecule has 1 N–H and O–H groups in total. The highest BCUT2D eigenvalue weighted by molar-refractivity contribution is 7.99. The van der Waals surface area contributed by atoms with E-state index in [0.29, 0.717) is 46.3 Å². The molecule has 7 atom stereocenters. The maximum atomic E-state index is 13.1. The van der Waals surface area contributed by atoms with Crippen molar-refractivity contribution in [1.82, 2.24) is 9.80 Å². The maximum absolute atomic E-state index is 13.1. The SMILES string of the molecule is COc1c(C)cc2c(c1O)C1C3[C@@H]4SCC(C)C(=O)OC[C@@H](c5c6c(c(C)c(OC(C)=O)c54)OCO6)N3[C@@H](C#N)[C@H](C2)N1C. The number of phenols is 1. The average molecular weight is 622 g/mol. The third-order valence-electron chi connectivity index (χ3n) is 9.86. The number of nitrogens with zero attached hydrogens (tertiary/aromatic N) is 3. The normalized spacial score (nSPS) is 30.4. The summed E-state index contributed by atoms with van der Waals surface area (Å²) in [6.07, 6.45) is 0.542. The van der Waals surface area contributed by atoms with Crippen molar-refractivity contribution in [1.29, 1.82) is 5.26 Å². The van der Waals surface area contributed by atoms with Crippen LogP contribution >= 0.6 is 11.8 Å². The van der Waals surface area contributed by atoms with Gasteiger partial charge in [0, 0.05) is 47.0 Å². The number of fused-ring (bicyclic) bond motifs is 9. The summed E-state index contributed by atoms with van der Waals surface area (Å²) in [5.41, 5.74) is 4.70. The van der Waals surface area contributed by atoms with E-state index in [4.69, 9.17) is 23.7 Å². The van der Waals surface area contributed by atoms with E-state index >= 15 is 0 Å². The van der Waals surface area contributed by atoms with Crippen molar-refractivity contribution in [3.8, 4) is 34.8 Å². The molecule has 232 valence electrons. The van der Waals surface area contributed by atoms with Gasteiger partial charge in [0.05, 0.1) is 36.4 Å². The number of piperazine rings is 1. The zero-order valence-electron chi connectivity index (χ0n) is 25.5. The quantitative estimate of drug-likeness (QED) is 0.386. The highest BCUT2D eigenvalue weighted by atomic mass is 32.2. The van der Waals surface area contributed by atoms with Crippen molar-refractivity contribution in [2.45, 2.75) is 69.6 Å². The lowest BCUT2D eigenvalue weighted by molar-refractivity contribution is -0.153. The number of hydrogen-bond acceptors (Lipinski definition) is 12. The minimum Gasteiger partial charge on any atom is -0.504 e. The van der Waals surface area contributed by atoms with Crippen LogP contribution in [0.2, 0.25) is 0 Å². The molecule has 0 spiro atoms. The third kappa shape index (κ3) is 3.95. The Balaban J connectivity index is 1.56. The van der Waals surface area contributed by atoms with Crippen LogP contribution in [-0.2, 0) is 20.7 Å². The third-order valence-corrected chi connectivity index (χ3v) is 11.4. The molecule has 11 nitrogen and oxygen atoms in total. The second-order valence-electron chi connectivity index (χ2n) is 12.3. The van der Waals surface area contributed by atoms with Crippen LogP contribution in [0.1, 0.15) is 64.6 Å². The molecule has 0 aromatic heterocycles. The number of rotatable bonds is 2. The Bertz CT molecular complexity index is 1640. The van der Waals surface area contributed by atoms with Gasteiger partial charge >= 0.3 is 11.9 Å². The van der Waals surface area contributed by atoms with Crippen molar-refractivity contribution in [3.63, 3.8) is 0 Å². The van der Waals surface area contributed by atoms with Crippen molar-refractivity contribution >= 4 is 23.7 Å². The predicted molar refractivity (Wildman–Crippen MR) is 159 cm³/mol. The number of aromatic hydroxyl groups is 1. The number of thioether (sulfide) groups is 1. The first kappa shape index (κ1) is 29.1. The van der Waals surface area contributed by atoms with Gasteiger partial charge in [0.15, 0.2) is 23.0 Å². The molecule has 2 fully saturated rings. The molecule has 3 unspecified atom stereocenters. The van der Waals surface area contributed by atoms with Crippen molar-refractivity contribution in [3.05, 3.63) is 39.4 Å². The summed E-state index contributed by atoms with van der Waals surface area (Å²) in [5, 5.41) is 22.2. The number of aryl methyl sites for hydroxylation is 1. The molecule has 0 radical (unpaired) electrons. The highest BCUT2D eigenvalue weighted by Gasteiger charge is 2.60. The minimum absolute atomic E-state index is 0.00697. The smallest absolute Gasteiger partial charge is 0.309 e. The monoisotopic (exact) mass is 621 g/mol. The standard InChI is InChI=1S/C32H35N3O8S/c1-13-7-17-8-18-19(9-33)35-20-10-40-32(38)14(2)11-44-31(25(35)24(34(18)5)21(17)26(37)27(13)39-6)23-22(20)30-29(41-12-42-30)15(3)28(23)43-16(4)36/h7,14,18-20,24-25,31,37H,8,10-12H2,1-6H3/t14?,18-,19-,20-,24?,25?,31+/m0/s1. The summed E-state index contributed by atoms with van der Waals surface area (Å²) in [6.45, 7) is 6.93. The van der Waals surface area contributed by atoms with Gasteiger partial charge in [-0.25, -0.2) is 0 Å². The fourth-order valence-corrected chi connectivity index (χ4v) is 9.58. The van der Waals surface area contributed by atoms with E-state index in [9.17, 15) is 20.0 Å². The number of phenolic OH excluding ortho intramolecular Hbond substituents is 1. The molecule has 0 saturated carbocycles. The predicted octanol–water partition coefficient (Wildman–Crippen LogP) is 3.87. The molecule has 4 bridgehead atoms. The number of likely N-dealkylation sites (N-methyl/N-ethyl adjacent to an activating group) is 1. The number of esters is 2. The number of methoxy groups -OCH3 is 1. The number of nitriles is 1. The second-order valence-corrected chi connectivity index (χ2v) is 13.5. The van der Waals surface area contributed by atoms with E-state index in [0.717, 1.165) is 22.3 Å². The van der Waals surface area contributed by atoms with Gasteiger partial charge < -0.3 is 28.8 Å². The van der Waals surface area contributed by atoms with Crippen molar-refractivity contribution < 1.29 is 38.4 Å². The van der Waals surface area contributed by atoms with Crippen LogP contribution in [0.15, 0.2) is 6.07 Å². The molecule has 44 heavy (non-hydrogen) atoms. The lowest BCUT2D eigenvalue weighted by Gasteiger charge is -2.61. The zero-order valence-corrected chi connectivity index (χ0v) is 26.3. The van der Waals surface area contributed by atoms with Gasteiger partial charge in [0.25, 0.3) is 0 Å². The van der Waals surface area contributed by atoms with E-state index < -0.39 is 18.1 Å². The lowest BCUT2D eigenvalue weighted by Crippen LogP contribution is -2.69. The molecule has 12 heteroatoms. The van der Waals surface area contributed by atoms with Gasteiger partial charge in [0.1, 0.15) is 18.4 Å². The molecule has 0 aliphatic carbocycles. The Morgan fingerprint density at radius 3 is 2.61 bits per heavy atom. The average Bonchev–Trinajstić information content (AvgIpc) is 3.47. The fraction of sp³-hybridized carbons (Fsp3) is 0.531. The molecule has 2 aromatic carbocycles. The van der Waals surface area contributed by atoms with Gasteiger partial charge in [0.2, 0.25) is 6.79 Å². The molecule has 5 aliphatic rings. The number of carbonyl (C=O) groups is 2. The molecule has 2 aromatic rings. The van der Waals surface area contributed by atoms with Crippen LogP contribution in [0.25, 0.3) is 0 Å². The maximum Gasteiger partial charge on any atom is 0.309 e. The number of ether oxygens (including phenoxy) is 5. The summed E-state index contributed by atoms with van der Waals surface area (Å²) in [7, 11) is 3.55. The first-order chi connectivity index (χ1) is 21.1. The minimum atomic E-state index is -0.606. The Morgan fingerprint density at radius 2 is 1.91 bits per heavy atom. The first-order valence-electron chi connectivity index (χ1n) is 14.8. The number of hydrogen-bond donors (Lipinski definition) is 1. The largest absolute Gasteiger partial charge is 0.504 e. The molecule has 0 amide bonds. The van der Waals surface area contributed by atoms with Crippen LogP contribution < -0.4 is 18.9 Å². The van der Waals surface area contributed by atoms with Crippen LogP contribution in [0, 0.1) is 31.1 Å². The Hall–Kier alpha value is -3.66. The second kappa shape index (κ2) is 10.5. The summed E-state index contributed by atoms with van der Waals surface area (Å²) in [6, 6.07) is 2.50. The molecule has 2 saturated heterocycles. The number of cyclic esters (lactones) is 1. The zero-order chi connectivity index (χ0) is 31.2. The highest BCUT2D eigenvalue weighted by Crippen LogP contribution is 2.64. The van der Waals surface area contributed by atoms with Gasteiger partial charge in [-0.1, -0.05) is 13.0 Å². The molecule has 7 rings (SSSR count). The Morgan fingerprint density at radius 1 is 1.16 bits per heavy atom. The molecule has 5 aliphatic heterocycles. The van der Waals surface area contributed by atoms with E-state index in [2.05, 4.69) is 21.9 Å². The van der Waals surface area contributed by atoms with E-state index in [-0.39, 0.29) is 54.4 Å². The van der Waals surface area contributed by atoms with E-state index in [1.54, 1.807) is 18.9 Å². The van der Waals surface area contributed by atoms with Gasteiger partial charge in [-0.05, 0) is 38.4 Å². The van der Waals surface area contributed by atoms with Crippen LogP contribution in [0.3, 0.4) is 0 Å². The van der Waals surface area contributed by atoms with E-state index in [1.807, 2.05) is 27.8 Å². The van der Waals surface area contributed by atoms with Crippen molar-refractivity contribution in [2.75, 3.05) is 33.3 Å². The first-order valence-corrected chi connectivity index (χ1v) is 15.8. The fourth-order valence-electron chi connectivity index (χ4n) is 8.06. The van der Waals surface area contributed by atoms with Gasteiger partial charge in [-0.15, -0.1) is 0 Å². The summed E-state index contributed by atoms with van der Waals surface area (Å²) in [4.78, 5) is 30.0. The topological polar surface area (TPSA) is 131 Å². The summed E-state index contributed by atoms with van der Waals surface area (Å²) < 4.78 is 29.6. The molecular weight excluding hydrogens is 586 g/mol. The molecular formula is C32H35N3O8S. The Labute approximate surface area is 259 Å². The van der Waals surface area contributed by atoms with Crippen LogP contribution in [-0.4, -0.2) is 78.3 Å². The van der Waals surface area contributed by atoms with Crippen LogP contribution in [0.5, 0.6) is 28.7 Å². The summed E-state index contributed by atoms with van der Waals surface area (Å²) in [5.74, 6) is 1.17.